The van der Waals surface area contributed by atoms with Crippen molar-refractivity contribution in [1.29, 1.82) is 0 Å². The second-order valence-electron chi connectivity index (χ2n) is 5.22. The van der Waals surface area contributed by atoms with Crippen LogP contribution < -0.4 is 14.8 Å². The van der Waals surface area contributed by atoms with Crippen molar-refractivity contribution >= 4 is 15.9 Å². The Hall–Kier alpha value is -2.38. The number of hydrogen-bond donors (Lipinski definition) is 2. The maximum absolute atomic E-state index is 12.2. The quantitative estimate of drug-likeness (QED) is 0.797. The van der Waals surface area contributed by atoms with Gasteiger partial charge in [-0.2, -0.15) is 4.72 Å². The van der Waals surface area contributed by atoms with Crippen LogP contribution in [0.1, 0.15) is 12.5 Å². The average Bonchev–Trinajstić information content (AvgIpc) is 2.60. The number of carbonyl (C=O) groups excluding carboxylic acids is 1. The Labute approximate surface area is 141 Å². The molecule has 0 bridgehead atoms. The van der Waals surface area contributed by atoms with Crippen molar-refractivity contribution < 1.29 is 17.9 Å². The van der Waals surface area contributed by atoms with Gasteiger partial charge in [0.15, 0.2) is 0 Å². The first-order chi connectivity index (χ1) is 11.4. The van der Waals surface area contributed by atoms with E-state index in [1.165, 1.54) is 19.1 Å². The molecule has 2 aromatic carbocycles. The van der Waals surface area contributed by atoms with Crippen molar-refractivity contribution in [3.05, 3.63) is 60.2 Å². The third kappa shape index (κ3) is 4.81. The lowest BCUT2D eigenvalue weighted by atomic mass is 10.2. The van der Waals surface area contributed by atoms with E-state index in [1.54, 1.807) is 37.4 Å². The molecule has 0 saturated carbocycles. The summed E-state index contributed by atoms with van der Waals surface area (Å²) >= 11 is 0. The summed E-state index contributed by atoms with van der Waals surface area (Å²) < 4.78 is 31.8. The van der Waals surface area contributed by atoms with Gasteiger partial charge in [0.2, 0.25) is 15.9 Å². The highest BCUT2D eigenvalue weighted by molar-refractivity contribution is 7.89. The molecule has 0 heterocycles. The lowest BCUT2D eigenvalue weighted by Gasteiger charge is -2.14. The summed E-state index contributed by atoms with van der Waals surface area (Å²) in [6.07, 6.45) is 0. The molecule has 0 fully saturated rings. The Morgan fingerprint density at radius 3 is 2.29 bits per heavy atom. The molecule has 6 nitrogen and oxygen atoms in total. The molecule has 2 rings (SSSR count). The first kappa shape index (κ1) is 18.0. The second kappa shape index (κ2) is 7.94. The zero-order valence-electron chi connectivity index (χ0n) is 13.5. The summed E-state index contributed by atoms with van der Waals surface area (Å²) in [5.74, 6) is 0.333. The summed E-state index contributed by atoms with van der Waals surface area (Å²) in [7, 11) is -2.14. The molecule has 0 aromatic heterocycles. The van der Waals surface area contributed by atoms with Gasteiger partial charge in [-0.05, 0) is 36.8 Å². The molecule has 0 aliphatic heterocycles. The van der Waals surface area contributed by atoms with Crippen LogP contribution >= 0.6 is 0 Å². The summed E-state index contributed by atoms with van der Waals surface area (Å²) in [6, 6.07) is 14.3. The van der Waals surface area contributed by atoms with Gasteiger partial charge in [0.05, 0.1) is 18.0 Å². The van der Waals surface area contributed by atoms with Crippen LogP contribution in [0.4, 0.5) is 0 Å². The van der Waals surface area contributed by atoms with Gasteiger partial charge in [0.1, 0.15) is 5.75 Å². The Morgan fingerprint density at radius 1 is 1.08 bits per heavy atom. The summed E-state index contributed by atoms with van der Waals surface area (Å²) in [5, 5.41) is 2.70. The van der Waals surface area contributed by atoms with Crippen molar-refractivity contribution in [3.63, 3.8) is 0 Å². The van der Waals surface area contributed by atoms with Crippen LogP contribution in [0, 0.1) is 0 Å². The Kier molecular flexibility index (Phi) is 5.94. The highest BCUT2D eigenvalue weighted by Gasteiger charge is 2.21. The van der Waals surface area contributed by atoms with Gasteiger partial charge in [-0.15, -0.1) is 0 Å². The number of hydrogen-bond acceptors (Lipinski definition) is 4. The minimum absolute atomic E-state index is 0.125. The minimum atomic E-state index is -3.72. The van der Waals surface area contributed by atoms with Crippen LogP contribution in [0.5, 0.6) is 5.75 Å². The van der Waals surface area contributed by atoms with Crippen LogP contribution in [-0.2, 0) is 21.4 Å². The van der Waals surface area contributed by atoms with Crippen molar-refractivity contribution in [2.45, 2.75) is 24.4 Å². The monoisotopic (exact) mass is 348 g/mol. The molecule has 0 saturated heterocycles. The van der Waals surface area contributed by atoms with Crippen molar-refractivity contribution in [2.24, 2.45) is 0 Å². The number of nitrogens with one attached hydrogen (secondary N) is 2. The van der Waals surface area contributed by atoms with Gasteiger partial charge in [0.25, 0.3) is 0 Å². The van der Waals surface area contributed by atoms with Gasteiger partial charge in [-0.25, -0.2) is 8.42 Å². The number of ether oxygens (including phenoxy) is 1. The molecule has 0 spiro atoms. The lowest BCUT2D eigenvalue weighted by Crippen LogP contribution is -2.44. The Balaban J connectivity index is 1.92. The molecule has 1 atom stereocenters. The molecule has 1 amide bonds. The predicted molar refractivity (Wildman–Crippen MR) is 91.1 cm³/mol. The van der Waals surface area contributed by atoms with E-state index in [0.717, 1.165) is 11.3 Å². The zero-order valence-corrected chi connectivity index (χ0v) is 14.3. The van der Waals surface area contributed by atoms with Gasteiger partial charge >= 0.3 is 0 Å². The van der Waals surface area contributed by atoms with Crippen molar-refractivity contribution in [1.82, 2.24) is 10.0 Å². The summed E-state index contributed by atoms with van der Waals surface area (Å²) in [6.45, 7) is 1.81. The smallest absolute Gasteiger partial charge is 0.241 e. The highest BCUT2D eigenvalue weighted by Crippen LogP contribution is 2.11. The second-order valence-corrected chi connectivity index (χ2v) is 6.94. The third-order valence-electron chi connectivity index (χ3n) is 3.40. The number of benzene rings is 2. The third-order valence-corrected chi connectivity index (χ3v) is 4.96. The molecule has 24 heavy (non-hydrogen) atoms. The first-order valence-corrected chi connectivity index (χ1v) is 8.89. The summed E-state index contributed by atoms with van der Waals surface area (Å²) in [5.41, 5.74) is 0.891. The van der Waals surface area contributed by atoms with Gasteiger partial charge < -0.3 is 10.1 Å². The number of methoxy groups -OCH3 is 1. The maximum atomic E-state index is 12.2. The molecule has 7 heteroatoms. The Bertz CT molecular complexity index is 774. The van der Waals surface area contributed by atoms with Crippen molar-refractivity contribution in [2.75, 3.05) is 7.11 Å². The molecule has 0 radical (unpaired) electrons. The SMILES string of the molecule is COc1ccc(CNC(=O)[C@H](C)NS(=O)(=O)c2ccccc2)cc1. The van der Waals surface area contributed by atoms with Gasteiger partial charge in [0, 0.05) is 6.54 Å². The first-order valence-electron chi connectivity index (χ1n) is 7.40. The topological polar surface area (TPSA) is 84.5 Å². The van der Waals surface area contributed by atoms with E-state index in [0.29, 0.717) is 6.54 Å². The zero-order chi connectivity index (χ0) is 17.6. The lowest BCUT2D eigenvalue weighted by molar-refractivity contribution is -0.122. The fraction of sp³-hybridized carbons (Fsp3) is 0.235. The average molecular weight is 348 g/mol. The maximum Gasteiger partial charge on any atom is 0.241 e. The van der Waals surface area contributed by atoms with Gasteiger partial charge in [-0.3, -0.25) is 4.79 Å². The van der Waals surface area contributed by atoms with Gasteiger partial charge in [-0.1, -0.05) is 30.3 Å². The molecular formula is C17H20N2O4S. The Morgan fingerprint density at radius 2 is 1.71 bits per heavy atom. The number of rotatable bonds is 7. The predicted octanol–water partition coefficient (Wildman–Crippen LogP) is 1.68. The van der Waals surface area contributed by atoms with Crippen molar-refractivity contribution in [3.8, 4) is 5.75 Å². The van der Waals surface area contributed by atoms with E-state index in [1.807, 2.05) is 12.1 Å². The van der Waals surface area contributed by atoms with Crippen LogP contribution in [0.3, 0.4) is 0 Å². The molecular weight excluding hydrogens is 328 g/mol. The number of carbonyl (C=O) groups is 1. The molecule has 2 N–H and O–H groups in total. The normalized spacial score (nSPS) is 12.4. The molecule has 0 aliphatic carbocycles. The van der Waals surface area contributed by atoms with Crippen LogP contribution in [0.25, 0.3) is 0 Å². The van der Waals surface area contributed by atoms with Crippen LogP contribution in [-0.4, -0.2) is 27.5 Å². The molecule has 0 aliphatic rings. The minimum Gasteiger partial charge on any atom is -0.497 e. The number of sulfonamides is 1. The van der Waals surface area contributed by atoms with E-state index in [-0.39, 0.29) is 4.90 Å². The van der Waals surface area contributed by atoms with E-state index in [4.69, 9.17) is 4.74 Å². The summed E-state index contributed by atoms with van der Waals surface area (Å²) in [4.78, 5) is 12.2. The molecule has 0 unspecified atom stereocenters. The van der Waals surface area contributed by atoms with E-state index < -0.39 is 22.0 Å². The van der Waals surface area contributed by atoms with E-state index in [9.17, 15) is 13.2 Å². The van der Waals surface area contributed by atoms with E-state index >= 15 is 0 Å². The standard InChI is InChI=1S/C17H20N2O4S/c1-13(19-24(21,22)16-6-4-3-5-7-16)17(20)18-12-14-8-10-15(23-2)11-9-14/h3-11,13,19H,12H2,1-2H3,(H,18,20)/t13-/m0/s1. The molecule has 128 valence electrons. The highest BCUT2D eigenvalue weighted by atomic mass is 32.2. The van der Waals surface area contributed by atoms with Crippen LogP contribution in [0.2, 0.25) is 0 Å². The van der Waals surface area contributed by atoms with E-state index in [2.05, 4.69) is 10.0 Å². The van der Waals surface area contributed by atoms with Crippen LogP contribution in [0.15, 0.2) is 59.5 Å². The fourth-order valence-electron chi connectivity index (χ4n) is 2.04. The molecule has 2 aromatic rings. The fourth-order valence-corrected chi connectivity index (χ4v) is 3.26. The number of amides is 1. The largest absolute Gasteiger partial charge is 0.497 e.